The molecule has 2 heterocycles. The summed E-state index contributed by atoms with van der Waals surface area (Å²) in [6.45, 7) is 1.21. The molecule has 24 heavy (non-hydrogen) atoms. The van der Waals surface area contributed by atoms with Crippen molar-refractivity contribution in [3.63, 3.8) is 0 Å². The topological polar surface area (TPSA) is 59.5 Å². The molecule has 124 valence electrons. The average molecular weight is 324 g/mol. The number of Topliss-reactive ketones (excluding diaryl/α,β-unsaturated/α-hetero) is 1. The Morgan fingerprint density at radius 2 is 1.88 bits per heavy atom. The second kappa shape index (κ2) is 7.73. The summed E-state index contributed by atoms with van der Waals surface area (Å²) >= 11 is 0. The number of ether oxygens (including phenoxy) is 1. The molecule has 5 heteroatoms. The highest BCUT2D eigenvalue weighted by Gasteiger charge is 2.27. The third kappa shape index (κ3) is 4.19. The Morgan fingerprint density at radius 1 is 1.08 bits per heavy atom. The van der Waals surface area contributed by atoms with Crippen molar-refractivity contribution in [3.05, 3.63) is 60.3 Å². The zero-order chi connectivity index (χ0) is 16.8. The Morgan fingerprint density at radius 3 is 2.62 bits per heavy atom. The van der Waals surface area contributed by atoms with Gasteiger partial charge in [-0.15, -0.1) is 0 Å². The minimum absolute atomic E-state index is 0.00410. The molecule has 1 aromatic heterocycles. The highest BCUT2D eigenvalue weighted by atomic mass is 16.5. The summed E-state index contributed by atoms with van der Waals surface area (Å²) in [7, 11) is 0. The molecule has 2 aromatic rings. The number of pyridine rings is 1. The second-order valence-electron chi connectivity index (χ2n) is 5.83. The molecule has 0 N–H and O–H groups in total. The maximum Gasteiger partial charge on any atom is 0.223 e. The van der Waals surface area contributed by atoms with E-state index in [1.165, 1.54) is 0 Å². The number of hydrogen-bond acceptors (Lipinski definition) is 4. The van der Waals surface area contributed by atoms with Crippen molar-refractivity contribution in [2.45, 2.75) is 25.4 Å². The predicted molar refractivity (Wildman–Crippen MR) is 89.9 cm³/mol. The molecule has 0 spiro atoms. The zero-order valence-electron chi connectivity index (χ0n) is 13.4. The van der Waals surface area contributed by atoms with E-state index in [0.717, 1.165) is 6.42 Å². The Kier molecular flexibility index (Phi) is 5.21. The molecule has 1 atom stereocenters. The second-order valence-corrected chi connectivity index (χ2v) is 5.83. The standard InChI is InChI=1S/C19H20N2O3/c22-17(15-6-2-1-3-7-15)9-10-19(23)21-13-11-16(14-21)24-18-8-4-5-12-20-18/h1-8,12,16H,9-11,13-14H2. The SMILES string of the molecule is O=C(CCC(=O)N1CCC(Oc2ccccn2)C1)c1ccccc1. The van der Waals surface area contributed by atoms with Gasteiger partial charge in [0.15, 0.2) is 5.78 Å². The number of carbonyl (C=O) groups excluding carboxylic acids is 2. The summed E-state index contributed by atoms with van der Waals surface area (Å²) < 4.78 is 5.78. The van der Waals surface area contributed by atoms with Crippen LogP contribution in [0.25, 0.3) is 0 Å². The first-order valence-electron chi connectivity index (χ1n) is 8.16. The van der Waals surface area contributed by atoms with Gasteiger partial charge in [-0.05, 0) is 6.07 Å². The number of likely N-dealkylation sites (tertiary alicyclic amines) is 1. The molecule has 0 saturated carbocycles. The molecule has 1 saturated heterocycles. The quantitative estimate of drug-likeness (QED) is 0.767. The molecule has 1 aliphatic rings. The number of hydrogen-bond donors (Lipinski definition) is 0. The van der Waals surface area contributed by atoms with Crippen LogP contribution in [0.2, 0.25) is 0 Å². The first kappa shape index (κ1) is 16.2. The minimum atomic E-state index is -0.0336. The number of amides is 1. The number of benzene rings is 1. The van der Waals surface area contributed by atoms with E-state index in [4.69, 9.17) is 4.74 Å². The zero-order valence-corrected chi connectivity index (χ0v) is 13.4. The summed E-state index contributed by atoms with van der Waals surface area (Å²) in [6.07, 6.45) is 2.92. The normalized spacial score (nSPS) is 16.8. The summed E-state index contributed by atoms with van der Waals surface area (Å²) in [5.41, 5.74) is 0.656. The third-order valence-corrected chi connectivity index (χ3v) is 4.08. The van der Waals surface area contributed by atoms with Crippen LogP contribution in [0.5, 0.6) is 5.88 Å². The van der Waals surface area contributed by atoms with Gasteiger partial charge in [0.2, 0.25) is 11.8 Å². The van der Waals surface area contributed by atoms with Gasteiger partial charge in [-0.2, -0.15) is 0 Å². The van der Waals surface area contributed by atoms with Gasteiger partial charge in [-0.1, -0.05) is 36.4 Å². The summed E-state index contributed by atoms with van der Waals surface area (Å²) in [4.78, 5) is 30.3. The van der Waals surface area contributed by atoms with Crippen molar-refractivity contribution in [1.29, 1.82) is 0 Å². The lowest BCUT2D eigenvalue weighted by Crippen LogP contribution is -2.31. The number of ketones is 1. The number of carbonyl (C=O) groups is 2. The third-order valence-electron chi connectivity index (χ3n) is 4.08. The highest BCUT2D eigenvalue weighted by molar-refractivity contribution is 5.97. The van der Waals surface area contributed by atoms with E-state index < -0.39 is 0 Å². The maximum absolute atomic E-state index is 12.3. The molecule has 0 aliphatic carbocycles. The van der Waals surface area contributed by atoms with Gasteiger partial charge in [0.25, 0.3) is 0 Å². The van der Waals surface area contributed by atoms with Crippen LogP contribution >= 0.6 is 0 Å². The van der Waals surface area contributed by atoms with E-state index in [9.17, 15) is 9.59 Å². The van der Waals surface area contributed by atoms with E-state index in [2.05, 4.69) is 4.98 Å². The average Bonchev–Trinajstić information content (AvgIpc) is 3.09. The lowest BCUT2D eigenvalue weighted by Gasteiger charge is -2.16. The van der Waals surface area contributed by atoms with E-state index in [1.54, 1.807) is 23.2 Å². The molecular formula is C19H20N2O3. The van der Waals surface area contributed by atoms with Crippen LogP contribution in [0.1, 0.15) is 29.6 Å². The van der Waals surface area contributed by atoms with Gasteiger partial charge < -0.3 is 9.64 Å². The Labute approximate surface area is 141 Å². The van der Waals surface area contributed by atoms with Crippen molar-refractivity contribution < 1.29 is 14.3 Å². The van der Waals surface area contributed by atoms with Crippen molar-refractivity contribution in [3.8, 4) is 5.88 Å². The molecular weight excluding hydrogens is 304 g/mol. The number of nitrogens with zero attached hydrogens (tertiary/aromatic N) is 2. The first-order valence-corrected chi connectivity index (χ1v) is 8.16. The largest absolute Gasteiger partial charge is 0.472 e. The van der Waals surface area contributed by atoms with Crippen LogP contribution in [0, 0.1) is 0 Å². The summed E-state index contributed by atoms with van der Waals surface area (Å²) in [5, 5.41) is 0. The van der Waals surface area contributed by atoms with Crippen LogP contribution in [-0.2, 0) is 4.79 Å². The van der Waals surface area contributed by atoms with E-state index >= 15 is 0 Å². The van der Waals surface area contributed by atoms with Gasteiger partial charge in [-0.25, -0.2) is 4.98 Å². The van der Waals surface area contributed by atoms with Crippen molar-refractivity contribution in [2.75, 3.05) is 13.1 Å². The highest BCUT2D eigenvalue weighted by Crippen LogP contribution is 2.17. The molecule has 1 amide bonds. The first-order chi connectivity index (χ1) is 11.7. The van der Waals surface area contributed by atoms with Crippen LogP contribution in [0.4, 0.5) is 0 Å². The van der Waals surface area contributed by atoms with Gasteiger partial charge in [-0.3, -0.25) is 9.59 Å². The van der Waals surface area contributed by atoms with Crippen LogP contribution in [-0.4, -0.2) is 40.8 Å². The molecule has 5 nitrogen and oxygen atoms in total. The van der Waals surface area contributed by atoms with Crippen molar-refractivity contribution in [2.24, 2.45) is 0 Å². The van der Waals surface area contributed by atoms with Gasteiger partial charge in [0, 0.05) is 43.6 Å². The molecule has 1 aromatic carbocycles. The smallest absolute Gasteiger partial charge is 0.223 e. The number of aromatic nitrogens is 1. The maximum atomic E-state index is 12.3. The fourth-order valence-electron chi connectivity index (χ4n) is 2.79. The van der Waals surface area contributed by atoms with Crippen molar-refractivity contribution >= 4 is 11.7 Å². The molecule has 1 fully saturated rings. The van der Waals surface area contributed by atoms with E-state index in [1.807, 2.05) is 36.4 Å². The minimum Gasteiger partial charge on any atom is -0.472 e. The van der Waals surface area contributed by atoms with Crippen LogP contribution < -0.4 is 4.74 Å². The summed E-state index contributed by atoms with van der Waals surface area (Å²) in [5.74, 6) is 0.590. The molecule has 0 bridgehead atoms. The van der Waals surface area contributed by atoms with E-state index in [-0.39, 0.29) is 30.6 Å². The fourth-order valence-corrected chi connectivity index (χ4v) is 2.79. The summed E-state index contributed by atoms with van der Waals surface area (Å²) in [6, 6.07) is 14.6. The van der Waals surface area contributed by atoms with Gasteiger partial charge in [0.1, 0.15) is 6.10 Å². The van der Waals surface area contributed by atoms with Gasteiger partial charge >= 0.3 is 0 Å². The Bertz CT molecular complexity index is 688. The lowest BCUT2D eigenvalue weighted by atomic mass is 10.1. The number of rotatable bonds is 6. The molecule has 1 unspecified atom stereocenters. The van der Waals surface area contributed by atoms with Crippen molar-refractivity contribution in [1.82, 2.24) is 9.88 Å². The van der Waals surface area contributed by atoms with E-state index in [0.29, 0.717) is 24.5 Å². The van der Waals surface area contributed by atoms with Crippen LogP contribution in [0.3, 0.4) is 0 Å². The Balaban J connectivity index is 1.45. The lowest BCUT2D eigenvalue weighted by molar-refractivity contribution is -0.130. The predicted octanol–water partition coefficient (Wildman–Crippen LogP) is 2.72. The molecule has 3 rings (SSSR count). The monoisotopic (exact) mass is 324 g/mol. The fraction of sp³-hybridized carbons (Fsp3) is 0.316. The molecule has 1 aliphatic heterocycles. The van der Waals surface area contributed by atoms with Crippen LogP contribution in [0.15, 0.2) is 54.7 Å². The Hall–Kier alpha value is -2.69. The molecule has 0 radical (unpaired) electrons. The van der Waals surface area contributed by atoms with Gasteiger partial charge in [0.05, 0.1) is 6.54 Å².